The van der Waals surface area contributed by atoms with Gasteiger partial charge in [-0.3, -0.25) is 9.69 Å². The van der Waals surface area contributed by atoms with Crippen molar-refractivity contribution >= 4 is 5.78 Å². The van der Waals surface area contributed by atoms with E-state index in [2.05, 4.69) is 17.1 Å². The molecule has 2 aliphatic heterocycles. The van der Waals surface area contributed by atoms with Crippen LogP contribution >= 0.6 is 0 Å². The van der Waals surface area contributed by atoms with E-state index < -0.39 is 0 Å². The highest BCUT2D eigenvalue weighted by Gasteiger charge is 2.34. The molecule has 2 heterocycles. The van der Waals surface area contributed by atoms with Crippen molar-refractivity contribution in [1.82, 2.24) is 10.2 Å². The molecule has 2 rings (SSSR count). The quantitative estimate of drug-likeness (QED) is 0.719. The van der Waals surface area contributed by atoms with Crippen LogP contribution in [0.15, 0.2) is 0 Å². The SMILES string of the molecule is CCCCCCC(=O)C1CCCN1C1CCNCC1. The van der Waals surface area contributed by atoms with Crippen LogP contribution in [-0.4, -0.2) is 42.4 Å². The maximum absolute atomic E-state index is 12.4. The second-order valence-electron chi connectivity index (χ2n) is 6.15. The Hall–Kier alpha value is -0.410. The van der Waals surface area contributed by atoms with Crippen LogP contribution in [0.3, 0.4) is 0 Å². The molecule has 0 aliphatic carbocycles. The minimum absolute atomic E-state index is 0.254. The number of likely N-dealkylation sites (tertiary alicyclic amines) is 1. The molecule has 2 fully saturated rings. The molecule has 0 aromatic carbocycles. The molecule has 0 amide bonds. The lowest BCUT2D eigenvalue weighted by molar-refractivity contribution is -0.124. The Morgan fingerprint density at radius 3 is 2.68 bits per heavy atom. The van der Waals surface area contributed by atoms with Gasteiger partial charge in [-0.15, -0.1) is 0 Å². The van der Waals surface area contributed by atoms with Gasteiger partial charge in [-0.1, -0.05) is 26.2 Å². The molecule has 2 saturated heterocycles. The molecule has 1 N–H and O–H groups in total. The van der Waals surface area contributed by atoms with Crippen molar-refractivity contribution in [3.05, 3.63) is 0 Å². The zero-order valence-corrected chi connectivity index (χ0v) is 12.5. The van der Waals surface area contributed by atoms with Crippen LogP contribution in [0.25, 0.3) is 0 Å². The van der Waals surface area contributed by atoms with Crippen LogP contribution < -0.4 is 5.32 Å². The average molecular weight is 266 g/mol. The number of ketones is 1. The molecule has 1 atom stereocenters. The van der Waals surface area contributed by atoms with E-state index in [0.29, 0.717) is 11.8 Å². The van der Waals surface area contributed by atoms with Crippen LogP contribution in [0.2, 0.25) is 0 Å². The zero-order chi connectivity index (χ0) is 13.5. The van der Waals surface area contributed by atoms with Crippen molar-refractivity contribution in [2.75, 3.05) is 19.6 Å². The average Bonchev–Trinajstić information content (AvgIpc) is 2.94. The van der Waals surface area contributed by atoms with Crippen molar-refractivity contribution in [1.29, 1.82) is 0 Å². The lowest BCUT2D eigenvalue weighted by Crippen LogP contribution is -2.47. The largest absolute Gasteiger partial charge is 0.317 e. The molecule has 0 aromatic heterocycles. The van der Waals surface area contributed by atoms with Gasteiger partial charge in [0.05, 0.1) is 6.04 Å². The van der Waals surface area contributed by atoms with Gasteiger partial charge in [-0.05, 0) is 51.7 Å². The summed E-state index contributed by atoms with van der Waals surface area (Å²) in [5, 5.41) is 3.42. The lowest BCUT2D eigenvalue weighted by atomic mass is 9.99. The zero-order valence-electron chi connectivity index (χ0n) is 12.5. The van der Waals surface area contributed by atoms with Gasteiger partial charge in [0.15, 0.2) is 0 Å². The molecule has 1 unspecified atom stereocenters. The highest BCUT2D eigenvalue weighted by atomic mass is 16.1. The van der Waals surface area contributed by atoms with Crippen LogP contribution in [-0.2, 0) is 4.79 Å². The highest BCUT2D eigenvalue weighted by molar-refractivity contribution is 5.84. The predicted molar refractivity (Wildman–Crippen MR) is 79.4 cm³/mol. The fourth-order valence-electron chi connectivity index (χ4n) is 3.60. The number of nitrogens with one attached hydrogen (secondary N) is 1. The summed E-state index contributed by atoms with van der Waals surface area (Å²) >= 11 is 0. The monoisotopic (exact) mass is 266 g/mol. The Morgan fingerprint density at radius 1 is 1.16 bits per heavy atom. The molecule has 0 saturated carbocycles. The lowest BCUT2D eigenvalue weighted by Gasteiger charge is -2.35. The van der Waals surface area contributed by atoms with Gasteiger partial charge in [-0.25, -0.2) is 0 Å². The number of rotatable bonds is 7. The number of carbonyl (C=O) groups excluding carboxylic acids is 1. The van der Waals surface area contributed by atoms with Crippen LogP contribution in [0.1, 0.15) is 64.7 Å². The van der Waals surface area contributed by atoms with Crippen molar-refractivity contribution in [3.8, 4) is 0 Å². The summed E-state index contributed by atoms with van der Waals surface area (Å²) in [5.41, 5.74) is 0. The predicted octanol–water partition coefficient (Wildman–Crippen LogP) is 2.74. The summed E-state index contributed by atoms with van der Waals surface area (Å²) in [5.74, 6) is 0.520. The third kappa shape index (κ3) is 4.28. The molecule has 19 heavy (non-hydrogen) atoms. The Labute approximate surface area is 118 Å². The Kier molecular flexibility index (Phi) is 6.32. The maximum atomic E-state index is 12.4. The van der Waals surface area contributed by atoms with Gasteiger partial charge in [-0.2, -0.15) is 0 Å². The molecule has 2 aliphatic rings. The molecular weight excluding hydrogens is 236 g/mol. The molecule has 0 aromatic rings. The molecule has 0 bridgehead atoms. The van der Waals surface area contributed by atoms with E-state index in [9.17, 15) is 4.79 Å². The third-order valence-electron chi connectivity index (χ3n) is 4.72. The van der Waals surface area contributed by atoms with E-state index >= 15 is 0 Å². The number of carbonyl (C=O) groups is 1. The Morgan fingerprint density at radius 2 is 1.95 bits per heavy atom. The summed E-state index contributed by atoms with van der Waals surface area (Å²) in [4.78, 5) is 14.9. The van der Waals surface area contributed by atoms with Crippen molar-refractivity contribution in [2.45, 2.75) is 76.8 Å². The topological polar surface area (TPSA) is 32.3 Å². The van der Waals surface area contributed by atoms with E-state index in [-0.39, 0.29) is 6.04 Å². The van der Waals surface area contributed by atoms with Crippen molar-refractivity contribution < 1.29 is 4.79 Å². The normalized spacial score (nSPS) is 25.8. The van der Waals surface area contributed by atoms with Gasteiger partial charge in [0.2, 0.25) is 0 Å². The molecule has 3 heteroatoms. The molecule has 110 valence electrons. The number of hydrogen-bond acceptors (Lipinski definition) is 3. The fourth-order valence-corrected chi connectivity index (χ4v) is 3.60. The fraction of sp³-hybridized carbons (Fsp3) is 0.938. The first-order valence-electron chi connectivity index (χ1n) is 8.32. The number of hydrogen-bond donors (Lipinski definition) is 1. The van der Waals surface area contributed by atoms with Crippen LogP contribution in [0, 0.1) is 0 Å². The van der Waals surface area contributed by atoms with Crippen molar-refractivity contribution in [2.24, 2.45) is 0 Å². The minimum Gasteiger partial charge on any atom is -0.317 e. The summed E-state index contributed by atoms with van der Waals surface area (Å²) < 4.78 is 0. The van der Waals surface area contributed by atoms with Gasteiger partial charge < -0.3 is 5.32 Å². The first-order chi connectivity index (χ1) is 9.33. The summed E-state index contributed by atoms with van der Waals surface area (Å²) in [7, 11) is 0. The summed E-state index contributed by atoms with van der Waals surface area (Å²) in [6.07, 6.45) is 10.4. The van der Waals surface area contributed by atoms with Gasteiger partial charge in [0.25, 0.3) is 0 Å². The number of nitrogens with zero attached hydrogens (tertiary/aromatic N) is 1. The number of unbranched alkanes of at least 4 members (excludes halogenated alkanes) is 3. The molecular formula is C16H30N2O. The van der Waals surface area contributed by atoms with Crippen LogP contribution in [0.5, 0.6) is 0 Å². The summed E-state index contributed by atoms with van der Waals surface area (Å²) in [6, 6.07) is 0.915. The highest BCUT2D eigenvalue weighted by Crippen LogP contribution is 2.26. The minimum atomic E-state index is 0.254. The molecule has 3 nitrogen and oxygen atoms in total. The van der Waals surface area contributed by atoms with E-state index in [1.165, 1.54) is 38.5 Å². The van der Waals surface area contributed by atoms with E-state index in [0.717, 1.165) is 38.9 Å². The summed E-state index contributed by atoms with van der Waals surface area (Å²) in [6.45, 7) is 5.62. The second-order valence-corrected chi connectivity index (χ2v) is 6.15. The number of piperidine rings is 1. The van der Waals surface area contributed by atoms with E-state index in [1.54, 1.807) is 0 Å². The smallest absolute Gasteiger partial charge is 0.149 e. The van der Waals surface area contributed by atoms with E-state index in [4.69, 9.17) is 0 Å². The Bertz CT molecular complexity index is 274. The van der Waals surface area contributed by atoms with Gasteiger partial charge in [0.1, 0.15) is 5.78 Å². The number of Topliss-reactive ketones (excluding diaryl/α,β-unsaturated/α-hetero) is 1. The van der Waals surface area contributed by atoms with Crippen molar-refractivity contribution in [3.63, 3.8) is 0 Å². The first kappa shape index (κ1) is 15.0. The van der Waals surface area contributed by atoms with E-state index in [1.807, 2.05) is 0 Å². The second kappa shape index (κ2) is 8.01. The standard InChI is InChI=1S/C16H30N2O/c1-2-3-4-5-8-16(19)15-7-6-13-18(15)14-9-11-17-12-10-14/h14-15,17H,2-13H2,1H3. The third-order valence-corrected chi connectivity index (χ3v) is 4.72. The van der Waals surface area contributed by atoms with Gasteiger partial charge in [0, 0.05) is 12.5 Å². The van der Waals surface area contributed by atoms with Gasteiger partial charge >= 0.3 is 0 Å². The molecule has 0 radical (unpaired) electrons. The van der Waals surface area contributed by atoms with Crippen LogP contribution in [0.4, 0.5) is 0 Å². The first-order valence-corrected chi connectivity index (χ1v) is 8.32. The maximum Gasteiger partial charge on any atom is 0.149 e. The molecule has 0 spiro atoms. The Balaban J connectivity index is 1.78.